The quantitative estimate of drug-likeness (QED) is 0.535. The molecule has 3 rings (SSSR count). The molecule has 0 radical (unpaired) electrons. The predicted molar refractivity (Wildman–Crippen MR) is 121 cm³/mol. The Morgan fingerprint density at radius 3 is 2.10 bits per heavy atom. The van der Waals surface area contributed by atoms with Gasteiger partial charge in [0.05, 0.1) is 18.0 Å². The smallest absolute Gasteiger partial charge is 0.244 e. The van der Waals surface area contributed by atoms with Crippen molar-refractivity contribution in [1.82, 2.24) is 4.31 Å². The van der Waals surface area contributed by atoms with Gasteiger partial charge in [0.2, 0.25) is 15.9 Å². The van der Waals surface area contributed by atoms with Crippen LogP contribution in [-0.2, 0) is 14.8 Å². The van der Waals surface area contributed by atoms with E-state index in [9.17, 15) is 13.2 Å². The minimum atomic E-state index is -3.95. The van der Waals surface area contributed by atoms with E-state index in [0.717, 1.165) is 5.56 Å². The standard InChI is InChI=1S/C24H26N2O4S/c1-3-30-22-14-16-23(17-15-22)31(28,29)26(19(2)20-10-6-4-7-11-20)18-24(27)25-21-12-8-5-9-13-21/h4-17,19H,3,18H2,1-2H3,(H,25,27)/t19-/m0/s1. The number of hydrogen-bond donors (Lipinski definition) is 1. The van der Waals surface area contributed by atoms with E-state index in [-0.39, 0.29) is 11.4 Å². The monoisotopic (exact) mass is 438 g/mol. The molecule has 0 unspecified atom stereocenters. The fourth-order valence-electron chi connectivity index (χ4n) is 3.20. The Balaban J connectivity index is 1.91. The fourth-order valence-corrected chi connectivity index (χ4v) is 4.78. The summed E-state index contributed by atoms with van der Waals surface area (Å²) in [7, 11) is -3.95. The third-order valence-corrected chi connectivity index (χ3v) is 6.74. The number of amides is 1. The van der Waals surface area contributed by atoms with Gasteiger partial charge in [-0.05, 0) is 55.8 Å². The third-order valence-electron chi connectivity index (χ3n) is 4.81. The van der Waals surface area contributed by atoms with E-state index in [1.54, 1.807) is 43.3 Å². The highest BCUT2D eigenvalue weighted by Crippen LogP contribution is 2.28. The van der Waals surface area contributed by atoms with Crippen molar-refractivity contribution in [3.63, 3.8) is 0 Å². The molecule has 3 aromatic rings. The highest BCUT2D eigenvalue weighted by Gasteiger charge is 2.32. The van der Waals surface area contributed by atoms with Gasteiger partial charge in [0.1, 0.15) is 5.75 Å². The molecule has 1 N–H and O–H groups in total. The van der Waals surface area contributed by atoms with Gasteiger partial charge in [-0.3, -0.25) is 4.79 Å². The first kappa shape index (κ1) is 22.5. The normalized spacial score (nSPS) is 12.4. The summed E-state index contributed by atoms with van der Waals surface area (Å²) >= 11 is 0. The number of nitrogens with one attached hydrogen (secondary N) is 1. The van der Waals surface area contributed by atoms with Crippen molar-refractivity contribution < 1.29 is 17.9 Å². The molecule has 0 bridgehead atoms. The van der Waals surface area contributed by atoms with E-state index in [4.69, 9.17) is 4.74 Å². The van der Waals surface area contributed by atoms with Crippen molar-refractivity contribution in [2.24, 2.45) is 0 Å². The molecule has 31 heavy (non-hydrogen) atoms. The molecule has 0 saturated heterocycles. The zero-order chi connectivity index (χ0) is 22.3. The maximum atomic E-state index is 13.5. The average molecular weight is 439 g/mol. The van der Waals surface area contributed by atoms with Crippen LogP contribution in [0.25, 0.3) is 0 Å². The molecule has 0 saturated carbocycles. The van der Waals surface area contributed by atoms with Gasteiger partial charge in [0.15, 0.2) is 0 Å². The van der Waals surface area contributed by atoms with Crippen LogP contribution in [0.1, 0.15) is 25.5 Å². The van der Waals surface area contributed by atoms with E-state index in [1.807, 2.05) is 43.3 Å². The average Bonchev–Trinajstić information content (AvgIpc) is 2.79. The minimum absolute atomic E-state index is 0.103. The predicted octanol–water partition coefficient (Wildman–Crippen LogP) is 4.48. The number of sulfonamides is 1. The largest absolute Gasteiger partial charge is 0.494 e. The van der Waals surface area contributed by atoms with Crippen molar-refractivity contribution in [2.45, 2.75) is 24.8 Å². The molecule has 0 heterocycles. The van der Waals surface area contributed by atoms with Crippen LogP contribution in [0.15, 0.2) is 89.8 Å². The molecular weight excluding hydrogens is 412 g/mol. The van der Waals surface area contributed by atoms with Gasteiger partial charge in [-0.2, -0.15) is 4.31 Å². The highest BCUT2D eigenvalue weighted by molar-refractivity contribution is 7.89. The summed E-state index contributed by atoms with van der Waals surface area (Å²) in [4.78, 5) is 12.8. The first-order chi connectivity index (χ1) is 14.9. The second kappa shape index (κ2) is 10.2. The molecular formula is C24H26N2O4S. The van der Waals surface area contributed by atoms with E-state index < -0.39 is 22.0 Å². The van der Waals surface area contributed by atoms with Gasteiger partial charge in [-0.25, -0.2) is 8.42 Å². The Labute approximate surface area is 183 Å². The zero-order valence-corrected chi connectivity index (χ0v) is 18.4. The van der Waals surface area contributed by atoms with Crippen molar-refractivity contribution in [2.75, 3.05) is 18.5 Å². The minimum Gasteiger partial charge on any atom is -0.494 e. The molecule has 7 heteroatoms. The number of ether oxygens (including phenoxy) is 1. The third kappa shape index (κ3) is 5.71. The van der Waals surface area contributed by atoms with Crippen molar-refractivity contribution in [1.29, 1.82) is 0 Å². The van der Waals surface area contributed by atoms with Crippen LogP contribution in [0.3, 0.4) is 0 Å². The lowest BCUT2D eigenvalue weighted by molar-refractivity contribution is -0.116. The molecule has 0 aliphatic heterocycles. The molecule has 0 aliphatic carbocycles. The summed E-state index contributed by atoms with van der Waals surface area (Å²) < 4.78 is 33.6. The van der Waals surface area contributed by atoms with E-state index in [2.05, 4.69) is 5.32 Å². The summed E-state index contributed by atoms with van der Waals surface area (Å²) in [5.74, 6) is 0.175. The van der Waals surface area contributed by atoms with Gasteiger partial charge in [-0.1, -0.05) is 48.5 Å². The van der Waals surface area contributed by atoms with Crippen molar-refractivity contribution in [3.8, 4) is 5.75 Å². The Morgan fingerprint density at radius 2 is 1.52 bits per heavy atom. The van der Waals surface area contributed by atoms with Crippen LogP contribution in [0, 0.1) is 0 Å². The second-order valence-corrected chi connectivity index (χ2v) is 8.85. The summed E-state index contributed by atoms with van der Waals surface area (Å²) in [5.41, 5.74) is 1.41. The van der Waals surface area contributed by atoms with Crippen LogP contribution in [0.4, 0.5) is 5.69 Å². The van der Waals surface area contributed by atoms with Gasteiger partial charge in [0, 0.05) is 11.7 Å². The first-order valence-corrected chi connectivity index (χ1v) is 11.5. The first-order valence-electron chi connectivity index (χ1n) is 10.1. The number of carbonyl (C=O) groups is 1. The molecule has 0 aliphatic rings. The van der Waals surface area contributed by atoms with Crippen LogP contribution in [-0.4, -0.2) is 31.8 Å². The lowest BCUT2D eigenvalue weighted by atomic mass is 10.1. The zero-order valence-electron chi connectivity index (χ0n) is 17.6. The maximum absolute atomic E-state index is 13.5. The fraction of sp³-hybridized carbons (Fsp3) is 0.208. The molecule has 1 amide bonds. The number of para-hydroxylation sites is 1. The molecule has 1 atom stereocenters. The summed E-state index contributed by atoms with van der Waals surface area (Å²) in [6.07, 6.45) is 0. The molecule has 3 aromatic carbocycles. The van der Waals surface area contributed by atoms with E-state index in [1.165, 1.54) is 16.4 Å². The Kier molecular flexibility index (Phi) is 7.44. The number of benzene rings is 3. The van der Waals surface area contributed by atoms with Crippen molar-refractivity contribution >= 4 is 21.6 Å². The highest BCUT2D eigenvalue weighted by atomic mass is 32.2. The molecule has 0 spiro atoms. The Bertz CT molecular complexity index is 1090. The van der Waals surface area contributed by atoms with Gasteiger partial charge in [-0.15, -0.1) is 0 Å². The summed E-state index contributed by atoms with van der Waals surface area (Å²) in [6, 6.07) is 23.9. The van der Waals surface area contributed by atoms with Crippen LogP contribution >= 0.6 is 0 Å². The van der Waals surface area contributed by atoms with Crippen LogP contribution in [0.5, 0.6) is 5.75 Å². The van der Waals surface area contributed by atoms with E-state index >= 15 is 0 Å². The van der Waals surface area contributed by atoms with Gasteiger partial charge in [0.25, 0.3) is 0 Å². The topological polar surface area (TPSA) is 75.7 Å². The maximum Gasteiger partial charge on any atom is 0.244 e. The van der Waals surface area contributed by atoms with E-state index in [0.29, 0.717) is 18.0 Å². The van der Waals surface area contributed by atoms with Crippen molar-refractivity contribution in [3.05, 3.63) is 90.5 Å². The summed E-state index contributed by atoms with van der Waals surface area (Å²) in [6.45, 7) is 3.81. The number of nitrogens with zero attached hydrogens (tertiary/aromatic N) is 1. The number of carbonyl (C=O) groups excluding carboxylic acids is 1. The molecule has 0 fully saturated rings. The number of hydrogen-bond acceptors (Lipinski definition) is 4. The number of anilines is 1. The molecule has 6 nitrogen and oxygen atoms in total. The Hall–Kier alpha value is -3.16. The molecule has 162 valence electrons. The number of rotatable bonds is 9. The van der Waals surface area contributed by atoms with Crippen LogP contribution < -0.4 is 10.1 Å². The second-order valence-electron chi connectivity index (χ2n) is 6.96. The Morgan fingerprint density at radius 1 is 0.935 bits per heavy atom. The SMILES string of the molecule is CCOc1ccc(S(=O)(=O)N(CC(=O)Nc2ccccc2)[C@@H](C)c2ccccc2)cc1. The van der Waals surface area contributed by atoms with Gasteiger partial charge >= 0.3 is 0 Å². The summed E-state index contributed by atoms with van der Waals surface area (Å²) in [5, 5.41) is 2.76. The lowest BCUT2D eigenvalue weighted by Gasteiger charge is -2.28. The lowest BCUT2D eigenvalue weighted by Crippen LogP contribution is -2.39. The van der Waals surface area contributed by atoms with Gasteiger partial charge < -0.3 is 10.1 Å². The van der Waals surface area contributed by atoms with Crippen LogP contribution in [0.2, 0.25) is 0 Å². The molecule has 0 aromatic heterocycles.